The second-order valence-electron chi connectivity index (χ2n) is 3.39. The minimum atomic E-state index is -0.902. The molecule has 2 aromatic heterocycles. The third-order valence-electron chi connectivity index (χ3n) is 2.39. The summed E-state index contributed by atoms with van der Waals surface area (Å²) in [5.41, 5.74) is -2.11. The summed E-state index contributed by atoms with van der Waals surface area (Å²) in [7, 11) is 0. The number of rotatable bonds is 1. The van der Waals surface area contributed by atoms with Gasteiger partial charge in [-0.3, -0.25) is 9.59 Å². The second kappa shape index (κ2) is 3.70. The van der Waals surface area contributed by atoms with Crippen LogP contribution in [0.25, 0.3) is 11.0 Å². The minimum absolute atomic E-state index is 0.0457. The van der Waals surface area contributed by atoms with Gasteiger partial charge < -0.3 is 15.1 Å². The first kappa shape index (κ1) is 11.3. The number of H-pyrrole nitrogens is 2. The van der Waals surface area contributed by atoms with Gasteiger partial charge in [0.05, 0.1) is 0 Å². The Morgan fingerprint density at radius 1 is 1.29 bits per heavy atom. The first-order valence-electron chi connectivity index (χ1n) is 4.48. The zero-order chi connectivity index (χ0) is 12.7. The summed E-state index contributed by atoms with van der Waals surface area (Å²) in [6, 6.07) is 0. The Balaban J connectivity index is 3.15. The van der Waals surface area contributed by atoms with E-state index in [2.05, 4.69) is 15.1 Å². The van der Waals surface area contributed by atoms with Gasteiger partial charge in [-0.05, 0) is 12.1 Å². The van der Waals surface area contributed by atoms with Crippen LogP contribution < -0.4 is 11.0 Å². The molecule has 0 amide bonds. The Morgan fingerprint density at radius 2 is 1.94 bits per heavy atom. The smallest absolute Gasteiger partial charge is 0.282 e. The van der Waals surface area contributed by atoms with E-state index in [1.165, 1.54) is 6.92 Å². The number of pyridine rings is 2. The number of hydrogen-bond acceptors (Lipinski definition) is 5. The zero-order valence-electron chi connectivity index (χ0n) is 8.50. The molecule has 3 N–H and O–H groups in total. The molecule has 2 heterocycles. The van der Waals surface area contributed by atoms with Crippen LogP contribution in [0.5, 0.6) is 5.75 Å². The van der Waals surface area contributed by atoms with Gasteiger partial charge in [0.15, 0.2) is 11.2 Å². The second-order valence-corrected chi connectivity index (χ2v) is 3.76. The SMILES string of the molecule is Cc1c(Cl)[nH]c2[nH]c(=O)c(N=O)c(O)c2c1=O. The molecule has 0 saturated carbocycles. The van der Waals surface area contributed by atoms with E-state index >= 15 is 0 Å². The topological polar surface area (TPSA) is 115 Å². The van der Waals surface area contributed by atoms with Gasteiger partial charge in [0.1, 0.15) is 16.2 Å². The van der Waals surface area contributed by atoms with Crippen molar-refractivity contribution in [3.63, 3.8) is 0 Å². The number of nitrogens with zero attached hydrogens (tertiary/aromatic N) is 1. The van der Waals surface area contributed by atoms with E-state index in [4.69, 9.17) is 11.6 Å². The molecule has 0 spiro atoms. The first-order valence-corrected chi connectivity index (χ1v) is 4.85. The molecule has 0 aliphatic rings. The van der Waals surface area contributed by atoms with E-state index in [0.717, 1.165) is 0 Å². The van der Waals surface area contributed by atoms with Crippen LogP contribution in [-0.2, 0) is 0 Å². The molecule has 0 aromatic carbocycles. The van der Waals surface area contributed by atoms with E-state index in [0.29, 0.717) is 0 Å². The highest BCUT2D eigenvalue weighted by Crippen LogP contribution is 2.28. The monoisotopic (exact) mass is 255 g/mol. The van der Waals surface area contributed by atoms with Crippen LogP contribution in [-0.4, -0.2) is 15.1 Å². The third-order valence-corrected chi connectivity index (χ3v) is 2.77. The average Bonchev–Trinajstić information content (AvgIpc) is 2.26. The summed E-state index contributed by atoms with van der Waals surface area (Å²) in [5.74, 6) is -0.750. The first-order chi connectivity index (χ1) is 7.97. The molecule has 0 atom stereocenters. The maximum atomic E-state index is 11.8. The van der Waals surface area contributed by atoms with Gasteiger partial charge in [0, 0.05) is 5.56 Å². The lowest BCUT2D eigenvalue weighted by molar-refractivity contribution is 0.481. The van der Waals surface area contributed by atoms with Crippen LogP contribution in [0.2, 0.25) is 5.15 Å². The average molecular weight is 256 g/mol. The van der Waals surface area contributed by atoms with E-state index in [1.807, 2.05) is 0 Å². The van der Waals surface area contributed by atoms with E-state index in [-0.39, 0.29) is 21.7 Å². The maximum Gasteiger partial charge on any atom is 0.282 e. The fourth-order valence-corrected chi connectivity index (χ4v) is 1.65. The standard InChI is InChI=1S/C9H6ClN3O4/c1-2-5(14)3-6(15)4(13-17)9(16)12-8(3)11-7(2)10/h1H3,(H3,11,12,14,15,16). The van der Waals surface area contributed by atoms with E-state index in [1.54, 1.807) is 0 Å². The highest BCUT2D eigenvalue weighted by Gasteiger charge is 2.17. The van der Waals surface area contributed by atoms with E-state index in [9.17, 15) is 19.6 Å². The number of hydrogen-bond donors (Lipinski definition) is 3. The van der Waals surface area contributed by atoms with Crippen LogP contribution in [0.1, 0.15) is 5.56 Å². The van der Waals surface area contributed by atoms with Crippen LogP contribution >= 0.6 is 11.6 Å². The van der Waals surface area contributed by atoms with Gasteiger partial charge in [0.2, 0.25) is 5.69 Å². The molecule has 0 radical (unpaired) electrons. The largest absolute Gasteiger partial charge is 0.505 e. The molecule has 8 heteroatoms. The summed E-state index contributed by atoms with van der Waals surface area (Å²) in [5, 5.41) is 11.9. The molecule has 0 fully saturated rings. The number of nitroso groups, excluding NO2 is 1. The summed E-state index contributed by atoms with van der Waals surface area (Å²) in [4.78, 5) is 38.3. The maximum absolute atomic E-state index is 11.8. The number of nitrogens with one attached hydrogen (secondary N) is 2. The fraction of sp³-hybridized carbons (Fsp3) is 0.111. The lowest BCUT2D eigenvalue weighted by atomic mass is 10.2. The lowest BCUT2D eigenvalue weighted by Crippen LogP contribution is -2.14. The summed E-state index contributed by atoms with van der Waals surface area (Å²) in [6.45, 7) is 1.44. The van der Waals surface area contributed by atoms with Gasteiger partial charge >= 0.3 is 0 Å². The molecule has 2 rings (SSSR count). The van der Waals surface area contributed by atoms with E-state index < -0.39 is 22.4 Å². The quantitative estimate of drug-likeness (QED) is 0.526. The van der Waals surface area contributed by atoms with Crippen LogP contribution in [0.3, 0.4) is 0 Å². The minimum Gasteiger partial charge on any atom is -0.505 e. The van der Waals surface area contributed by atoms with Crippen LogP contribution in [0, 0.1) is 11.8 Å². The molecule has 7 nitrogen and oxygen atoms in total. The summed E-state index contributed by atoms with van der Waals surface area (Å²) < 4.78 is 0. The highest BCUT2D eigenvalue weighted by molar-refractivity contribution is 6.30. The predicted molar refractivity (Wildman–Crippen MR) is 62.1 cm³/mol. The van der Waals surface area contributed by atoms with Crippen molar-refractivity contribution in [2.24, 2.45) is 5.18 Å². The summed E-state index contributed by atoms with van der Waals surface area (Å²) >= 11 is 5.73. The van der Waals surface area contributed by atoms with Crippen molar-refractivity contribution in [1.29, 1.82) is 0 Å². The fourth-order valence-electron chi connectivity index (χ4n) is 1.47. The van der Waals surface area contributed by atoms with Crippen molar-refractivity contribution >= 4 is 28.3 Å². The Morgan fingerprint density at radius 3 is 2.53 bits per heavy atom. The number of halogens is 1. The van der Waals surface area contributed by atoms with Crippen molar-refractivity contribution in [1.82, 2.24) is 9.97 Å². The molecule has 0 aliphatic heterocycles. The van der Waals surface area contributed by atoms with Crippen molar-refractivity contribution < 1.29 is 5.11 Å². The summed E-state index contributed by atoms with van der Waals surface area (Å²) in [6.07, 6.45) is 0. The molecule has 0 unspecified atom stereocenters. The molecular weight excluding hydrogens is 250 g/mol. The van der Waals surface area contributed by atoms with Gasteiger partial charge in [-0.15, -0.1) is 4.91 Å². The number of aromatic nitrogens is 2. The van der Waals surface area contributed by atoms with Gasteiger partial charge in [-0.1, -0.05) is 11.6 Å². The number of aromatic amines is 2. The molecule has 2 aromatic rings. The number of fused-ring (bicyclic) bond motifs is 1. The third kappa shape index (κ3) is 1.51. The Labute approximate surface area is 98.0 Å². The van der Waals surface area contributed by atoms with Gasteiger partial charge in [-0.25, -0.2) is 0 Å². The van der Waals surface area contributed by atoms with Gasteiger partial charge in [-0.2, -0.15) is 0 Å². The Kier molecular flexibility index (Phi) is 2.47. The normalized spacial score (nSPS) is 10.7. The molecular formula is C9H6ClN3O4. The Bertz CT molecular complexity index is 746. The van der Waals surface area contributed by atoms with Crippen LogP contribution in [0.15, 0.2) is 14.8 Å². The van der Waals surface area contributed by atoms with Gasteiger partial charge in [0.25, 0.3) is 5.56 Å². The van der Waals surface area contributed by atoms with Crippen molar-refractivity contribution in [3.05, 3.63) is 36.2 Å². The molecule has 0 bridgehead atoms. The predicted octanol–water partition coefficient (Wildman–Crippen LogP) is 1.28. The van der Waals surface area contributed by atoms with Crippen molar-refractivity contribution in [2.45, 2.75) is 6.92 Å². The molecule has 0 saturated heterocycles. The molecule has 0 aliphatic carbocycles. The van der Waals surface area contributed by atoms with Crippen molar-refractivity contribution in [2.75, 3.05) is 0 Å². The number of aromatic hydroxyl groups is 1. The lowest BCUT2D eigenvalue weighted by Gasteiger charge is -2.04. The van der Waals surface area contributed by atoms with Crippen LogP contribution in [0.4, 0.5) is 5.69 Å². The highest BCUT2D eigenvalue weighted by atomic mass is 35.5. The zero-order valence-corrected chi connectivity index (χ0v) is 9.25. The van der Waals surface area contributed by atoms with Crippen molar-refractivity contribution in [3.8, 4) is 5.75 Å². The Hall–Kier alpha value is -2.15. The molecule has 17 heavy (non-hydrogen) atoms. The molecule has 88 valence electrons.